The number of ether oxygens (including phenoxy) is 1. The summed E-state index contributed by atoms with van der Waals surface area (Å²) in [6.45, 7) is 12.9. The fourth-order valence-electron chi connectivity index (χ4n) is 2.81. The molecule has 1 unspecified atom stereocenters. The molecule has 0 amide bonds. The van der Waals surface area contributed by atoms with Crippen LogP contribution < -0.4 is 5.32 Å². The summed E-state index contributed by atoms with van der Waals surface area (Å²) in [6, 6.07) is 0. The first-order valence-corrected chi connectivity index (χ1v) is 7.70. The van der Waals surface area contributed by atoms with Gasteiger partial charge in [-0.25, -0.2) is 0 Å². The van der Waals surface area contributed by atoms with Crippen LogP contribution in [0.5, 0.6) is 0 Å². The molecule has 1 aliphatic heterocycles. The van der Waals surface area contributed by atoms with Crippen LogP contribution in [-0.4, -0.2) is 26.2 Å². The van der Waals surface area contributed by atoms with E-state index < -0.39 is 0 Å². The monoisotopic (exact) mass is 271 g/mol. The Morgan fingerprint density at radius 1 is 1.26 bits per heavy atom. The first-order chi connectivity index (χ1) is 8.92. The molecule has 1 atom stereocenters. The summed E-state index contributed by atoms with van der Waals surface area (Å²) in [5, 5.41) is 3.38. The van der Waals surface area contributed by atoms with Crippen molar-refractivity contribution in [1.29, 1.82) is 0 Å². The number of carbonyl (C=O) groups is 1. The van der Waals surface area contributed by atoms with Gasteiger partial charge in [0.15, 0.2) is 0 Å². The molecule has 0 aliphatic carbocycles. The minimum absolute atomic E-state index is 0.0576. The Kier molecular flexibility index (Phi) is 9.07. The highest BCUT2D eigenvalue weighted by Crippen LogP contribution is 2.35. The van der Waals surface area contributed by atoms with Gasteiger partial charge in [-0.05, 0) is 49.6 Å². The van der Waals surface area contributed by atoms with E-state index in [-0.39, 0.29) is 11.4 Å². The molecule has 1 rings (SSSR count). The third-order valence-electron chi connectivity index (χ3n) is 3.58. The zero-order chi connectivity index (χ0) is 14.9. The van der Waals surface area contributed by atoms with Gasteiger partial charge in [-0.2, -0.15) is 0 Å². The molecule has 0 radical (unpaired) electrons. The van der Waals surface area contributed by atoms with Crippen molar-refractivity contribution in [3.05, 3.63) is 0 Å². The summed E-state index contributed by atoms with van der Waals surface area (Å²) in [4.78, 5) is 11.5. The van der Waals surface area contributed by atoms with Gasteiger partial charge in [0.2, 0.25) is 0 Å². The van der Waals surface area contributed by atoms with Crippen LogP contribution >= 0.6 is 0 Å². The van der Waals surface area contributed by atoms with Crippen molar-refractivity contribution >= 4 is 5.97 Å². The van der Waals surface area contributed by atoms with Gasteiger partial charge < -0.3 is 10.1 Å². The van der Waals surface area contributed by atoms with Crippen molar-refractivity contribution < 1.29 is 9.53 Å². The van der Waals surface area contributed by atoms with Crippen molar-refractivity contribution in [2.75, 3.05) is 20.2 Å². The number of hydrogen-bond acceptors (Lipinski definition) is 3. The first kappa shape index (κ1) is 18.4. The van der Waals surface area contributed by atoms with E-state index in [9.17, 15) is 4.79 Å². The number of nitrogens with one attached hydrogen (secondary N) is 1. The number of rotatable bonds is 4. The molecule has 114 valence electrons. The average Bonchev–Trinajstić information content (AvgIpc) is 2.39. The van der Waals surface area contributed by atoms with E-state index in [2.05, 4.69) is 26.1 Å². The van der Waals surface area contributed by atoms with Crippen molar-refractivity contribution in [3.8, 4) is 0 Å². The lowest BCUT2D eigenvalue weighted by atomic mass is 9.74. The van der Waals surface area contributed by atoms with Gasteiger partial charge in [-0.1, -0.05) is 34.6 Å². The number of esters is 1. The maximum absolute atomic E-state index is 11.5. The molecule has 1 aliphatic rings. The minimum Gasteiger partial charge on any atom is -0.469 e. The van der Waals surface area contributed by atoms with Crippen LogP contribution in [0.1, 0.15) is 60.3 Å². The molecular weight excluding hydrogens is 238 g/mol. The fourth-order valence-corrected chi connectivity index (χ4v) is 2.81. The second kappa shape index (κ2) is 9.35. The first-order valence-electron chi connectivity index (χ1n) is 7.70. The van der Waals surface area contributed by atoms with Crippen molar-refractivity contribution in [2.24, 2.45) is 17.3 Å². The number of methoxy groups -OCH3 is 1. The van der Waals surface area contributed by atoms with Crippen LogP contribution in [0.2, 0.25) is 0 Å². The lowest BCUT2D eigenvalue weighted by Crippen LogP contribution is -2.34. The van der Waals surface area contributed by atoms with Crippen LogP contribution in [-0.2, 0) is 9.53 Å². The van der Waals surface area contributed by atoms with Gasteiger partial charge in [-0.3, -0.25) is 4.79 Å². The third kappa shape index (κ3) is 8.25. The van der Waals surface area contributed by atoms with Crippen LogP contribution in [0.25, 0.3) is 0 Å². The number of hydrogen-bond donors (Lipinski definition) is 1. The highest BCUT2D eigenvalue weighted by molar-refractivity contribution is 5.69. The summed E-state index contributed by atoms with van der Waals surface area (Å²) in [5.41, 5.74) is 0.281. The largest absolute Gasteiger partial charge is 0.469 e. The Morgan fingerprint density at radius 2 is 1.79 bits per heavy atom. The van der Waals surface area contributed by atoms with E-state index in [0.717, 1.165) is 19.5 Å². The van der Waals surface area contributed by atoms with Gasteiger partial charge >= 0.3 is 5.97 Å². The van der Waals surface area contributed by atoms with Gasteiger partial charge in [0.25, 0.3) is 0 Å². The van der Waals surface area contributed by atoms with E-state index in [4.69, 9.17) is 4.74 Å². The van der Waals surface area contributed by atoms with Gasteiger partial charge in [0.1, 0.15) is 0 Å². The second-order valence-electron chi connectivity index (χ2n) is 6.39. The zero-order valence-corrected chi connectivity index (χ0v) is 13.7. The summed E-state index contributed by atoms with van der Waals surface area (Å²) >= 11 is 0. The summed E-state index contributed by atoms with van der Waals surface area (Å²) in [6.07, 6.45) is 4.07. The molecule has 3 heteroatoms. The normalized spacial score (nSPS) is 18.2. The highest BCUT2D eigenvalue weighted by atomic mass is 16.5. The molecule has 0 aromatic rings. The second-order valence-corrected chi connectivity index (χ2v) is 6.39. The topological polar surface area (TPSA) is 38.3 Å². The molecule has 0 spiro atoms. The predicted molar refractivity (Wildman–Crippen MR) is 81.1 cm³/mol. The minimum atomic E-state index is -0.0576. The molecule has 1 fully saturated rings. The van der Waals surface area contributed by atoms with Crippen molar-refractivity contribution in [3.63, 3.8) is 0 Å². The molecule has 1 heterocycles. The van der Waals surface area contributed by atoms with Gasteiger partial charge in [0, 0.05) is 6.42 Å². The molecular formula is C16H33NO2. The molecule has 0 bridgehead atoms. The Balaban J connectivity index is 0.00000154. The summed E-state index contributed by atoms with van der Waals surface area (Å²) in [7, 11) is 1.49. The quantitative estimate of drug-likeness (QED) is 0.794. The molecule has 0 aromatic carbocycles. The molecule has 0 aromatic heterocycles. The molecule has 1 saturated heterocycles. The van der Waals surface area contributed by atoms with Crippen molar-refractivity contribution in [2.45, 2.75) is 60.3 Å². The third-order valence-corrected chi connectivity index (χ3v) is 3.58. The summed E-state index contributed by atoms with van der Waals surface area (Å²) < 4.78 is 4.83. The van der Waals surface area contributed by atoms with Gasteiger partial charge in [0.05, 0.1) is 7.11 Å². The van der Waals surface area contributed by atoms with Crippen LogP contribution in [0.4, 0.5) is 0 Å². The lowest BCUT2D eigenvalue weighted by Gasteiger charge is -2.34. The maximum Gasteiger partial charge on any atom is 0.305 e. The maximum atomic E-state index is 11.5. The fraction of sp³-hybridized carbons (Fsp3) is 0.938. The van der Waals surface area contributed by atoms with Crippen LogP contribution in [0.15, 0.2) is 0 Å². The Morgan fingerprint density at radius 3 is 2.21 bits per heavy atom. The van der Waals surface area contributed by atoms with E-state index in [0.29, 0.717) is 18.3 Å². The Bertz CT molecular complexity index is 240. The van der Waals surface area contributed by atoms with Gasteiger partial charge in [-0.15, -0.1) is 0 Å². The molecule has 1 N–H and O–H groups in total. The van der Waals surface area contributed by atoms with E-state index in [1.54, 1.807) is 0 Å². The van der Waals surface area contributed by atoms with E-state index >= 15 is 0 Å². The standard InChI is InChI=1S/C14H27NO2.C2H6/c1-14(2,3)10-12(9-13(16)17-4)11-5-7-15-8-6-11;1-2/h11-12,15H,5-10H2,1-4H3;1-2H3. The highest BCUT2D eigenvalue weighted by Gasteiger charge is 2.29. The smallest absolute Gasteiger partial charge is 0.305 e. The lowest BCUT2D eigenvalue weighted by molar-refractivity contribution is -0.142. The van der Waals surface area contributed by atoms with Crippen LogP contribution in [0.3, 0.4) is 0 Å². The number of piperidine rings is 1. The summed E-state index contributed by atoms with van der Waals surface area (Å²) in [5.74, 6) is 1.09. The Hall–Kier alpha value is -0.570. The average molecular weight is 271 g/mol. The van der Waals surface area contributed by atoms with Crippen LogP contribution in [0, 0.1) is 17.3 Å². The molecule has 19 heavy (non-hydrogen) atoms. The SMILES string of the molecule is CC.COC(=O)CC(CC(C)(C)C)C1CCNCC1. The zero-order valence-electron chi connectivity index (χ0n) is 13.7. The predicted octanol–water partition coefficient (Wildman–Crippen LogP) is 3.63. The molecule has 0 saturated carbocycles. The Labute approximate surface area is 119 Å². The number of carbonyl (C=O) groups excluding carboxylic acids is 1. The van der Waals surface area contributed by atoms with Crippen molar-refractivity contribution in [1.82, 2.24) is 5.32 Å². The van der Waals surface area contributed by atoms with E-state index in [1.165, 1.54) is 20.0 Å². The molecule has 3 nitrogen and oxygen atoms in total. The van der Waals surface area contributed by atoms with E-state index in [1.807, 2.05) is 13.8 Å².